The smallest absolute Gasteiger partial charge is 0.0409 e. The van der Waals surface area contributed by atoms with E-state index in [-0.39, 0.29) is 6.04 Å². The van der Waals surface area contributed by atoms with Crippen LogP contribution in [0.3, 0.4) is 0 Å². The highest BCUT2D eigenvalue weighted by Gasteiger charge is 2.07. The second-order valence-corrected chi connectivity index (χ2v) is 5.46. The molecule has 0 saturated heterocycles. The van der Waals surface area contributed by atoms with Crippen molar-refractivity contribution in [2.24, 2.45) is 0 Å². The maximum Gasteiger partial charge on any atom is 0.0409 e. The monoisotopic (exact) mass is 273 g/mol. The zero-order chi connectivity index (χ0) is 13.8. The molecule has 0 aliphatic rings. The number of halogens is 1. The van der Waals surface area contributed by atoms with E-state index in [1.165, 1.54) is 22.3 Å². The Morgan fingerprint density at radius 1 is 1.05 bits per heavy atom. The van der Waals surface area contributed by atoms with Crippen molar-refractivity contribution in [3.8, 4) is 0 Å². The number of nitrogens with one attached hydrogen (secondary N) is 1. The molecule has 0 saturated carbocycles. The minimum Gasteiger partial charge on any atom is -0.306 e. The first-order valence-corrected chi connectivity index (χ1v) is 6.99. The van der Waals surface area contributed by atoms with Crippen LogP contribution < -0.4 is 5.32 Å². The van der Waals surface area contributed by atoms with Gasteiger partial charge in [0, 0.05) is 17.6 Å². The minimum atomic E-state index is 0.290. The summed E-state index contributed by atoms with van der Waals surface area (Å²) in [7, 11) is 0. The number of hydrogen-bond donors (Lipinski definition) is 1. The molecule has 1 atom stereocenters. The van der Waals surface area contributed by atoms with Gasteiger partial charge in [-0.1, -0.05) is 41.9 Å². The van der Waals surface area contributed by atoms with Crippen molar-refractivity contribution in [2.45, 2.75) is 33.4 Å². The van der Waals surface area contributed by atoms with Crippen molar-refractivity contribution in [3.05, 3.63) is 69.7 Å². The van der Waals surface area contributed by atoms with Crippen molar-refractivity contribution in [2.75, 3.05) is 0 Å². The Kier molecular flexibility index (Phi) is 4.62. The third kappa shape index (κ3) is 3.59. The maximum absolute atomic E-state index is 6.03. The minimum absolute atomic E-state index is 0.290. The highest BCUT2D eigenvalue weighted by molar-refractivity contribution is 6.30. The molecule has 0 aliphatic heterocycles. The molecule has 0 aromatic heterocycles. The molecule has 2 heteroatoms. The van der Waals surface area contributed by atoms with Crippen LogP contribution in [0, 0.1) is 13.8 Å². The first kappa shape index (κ1) is 14.1. The summed E-state index contributed by atoms with van der Waals surface area (Å²) in [4.78, 5) is 0. The lowest BCUT2D eigenvalue weighted by Gasteiger charge is -2.17. The van der Waals surface area contributed by atoms with Crippen molar-refractivity contribution >= 4 is 11.6 Å². The molecule has 1 N–H and O–H groups in total. The summed E-state index contributed by atoms with van der Waals surface area (Å²) in [6.45, 7) is 7.37. The quantitative estimate of drug-likeness (QED) is 0.843. The van der Waals surface area contributed by atoms with E-state index in [9.17, 15) is 0 Å². The van der Waals surface area contributed by atoms with Crippen LogP contribution in [0.5, 0.6) is 0 Å². The predicted octanol–water partition coefficient (Wildman–Crippen LogP) is 4.81. The van der Waals surface area contributed by atoms with Gasteiger partial charge in [-0.25, -0.2) is 0 Å². The summed E-state index contributed by atoms with van der Waals surface area (Å²) in [5.41, 5.74) is 5.28. The Balaban J connectivity index is 2.06. The lowest BCUT2D eigenvalue weighted by Crippen LogP contribution is -2.19. The van der Waals surface area contributed by atoms with Crippen LogP contribution in [-0.2, 0) is 6.54 Å². The van der Waals surface area contributed by atoms with Gasteiger partial charge in [-0.3, -0.25) is 0 Å². The van der Waals surface area contributed by atoms with Crippen LogP contribution in [0.15, 0.2) is 42.5 Å². The fourth-order valence-electron chi connectivity index (χ4n) is 2.28. The van der Waals surface area contributed by atoms with E-state index in [2.05, 4.69) is 50.4 Å². The molecule has 0 aliphatic carbocycles. The Labute approximate surface area is 120 Å². The number of hydrogen-bond acceptors (Lipinski definition) is 1. The molecule has 2 aromatic carbocycles. The Morgan fingerprint density at radius 2 is 1.68 bits per heavy atom. The van der Waals surface area contributed by atoms with Gasteiger partial charge in [0.2, 0.25) is 0 Å². The van der Waals surface area contributed by atoms with Gasteiger partial charge < -0.3 is 5.32 Å². The molecule has 0 spiro atoms. The highest BCUT2D eigenvalue weighted by atomic mass is 35.5. The topological polar surface area (TPSA) is 12.0 Å². The van der Waals surface area contributed by atoms with E-state index < -0.39 is 0 Å². The molecule has 0 bridgehead atoms. The predicted molar refractivity (Wildman–Crippen MR) is 82.6 cm³/mol. The lowest BCUT2D eigenvalue weighted by atomic mass is 10.0. The fraction of sp³-hybridized carbons (Fsp3) is 0.294. The summed E-state index contributed by atoms with van der Waals surface area (Å²) >= 11 is 6.03. The lowest BCUT2D eigenvalue weighted by molar-refractivity contribution is 0.572. The van der Waals surface area contributed by atoms with Crippen molar-refractivity contribution in [1.29, 1.82) is 0 Å². The number of rotatable bonds is 4. The summed E-state index contributed by atoms with van der Waals surface area (Å²) in [6, 6.07) is 14.7. The molecule has 100 valence electrons. The molecule has 1 nitrogen and oxygen atoms in total. The van der Waals surface area contributed by atoms with Crippen LogP contribution in [-0.4, -0.2) is 0 Å². The van der Waals surface area contributed by atoms with E-state index in [1.54, 1.807) is 0 Å². The number of benzene rings is 2. The van der Waals surface area contributed by atoms with Gasteiger partial charge in [-0.15, -0.1) is 0 Å². The van der Waals surface area contributed by atoms with Gasteiger partial charge in [-0.2, -0.15) is 0 Å². The van der Waals surface area contributed by atoms with Crippen LogP contribution in [0.25, 0.3) is 0 Å². The van der Waals surface area contributed by atoms with E-state index in [4.69, 9.17) is 11.6 Å². The normalized spacial score (nSPS) is 12.4. The number of aryl methyl sites for hydroxylation is 2. The molecule has 0 fully saturated rings. The van der Waals surface area contributed by atoms with E-state index in [1.807, 2.05) is 18.2 Å². The van der Waals surface area contributed by atoms with Crippen LogP contribution in [0.4, 0.5) is 0 Å². The van der Waals surface area contributed by atoms with E-state index >= 15 is 0 Å². The molecular weight excluding hydrogens is 254 g/mol. The van der Waals surface area contributed by atoms with Gasteiger partial charge in [0.15, 0.2) is 0 Å². The van der Waals surface area contributed by atoms with E-state index in [0.29, 0.717) is 0 Å². The molecule has 0 radical (unpaired) electrons. The summed E-state index contributed by atoms with van der Waals surface area (Å²) < 4.78 is 0. The molecule has 2 aromatic rings. The molecule has 2 rings (SSSR count). The average molecular weight is 274 g/mol. The Hall–Kier alpha value is -1.31. The van der Waals surface area contributed by atoms with Crippen molar-refractivity contribution < 1.29 is 0 Å². The Morgan fingerprint density at radius 3 is 2.32 bits per heavy atom. The van der Waals surface area contributed by atoms with Gasteiger partial charge in [0.25, 0.3) is 0 Å². The molecular formula is C17H20ClN. The largest absolute Gasteiger partial charge is 0.306 e. The summed E-state index contributed by atoms with van der Waals surface area (Å²) in [5.74, 6) is 0. The van der Waals surface area contributed by atoms with Crippen molar-refractivity contribution in [1.82, 2.24) is 5.32 Å². The second kappa shape index (κ2) is 6.23. The van der Waals surface area contributed by atoms with Crippen LogP contribution in [0.1, 0.15) is 35.2 Å². The van der Waals surface area contributed by atoms with Gasteiger partial charge in [0.1, 0.15) is 0 Å². The molecule has 0 heterocycles. The zero-order valence-electron chi connectivity index (χ0n) is 11.7. The third-order valence-corrected chi connectivity index (χ3v) is 3.81. The molecule has 19 heavy (non-hydrogen) atoms. The maximum atomic E-state index is 6.03. The SMILES string of the molecule is Cc1cccc(C)c1CN[C@H](C)c1cccc(Cl)c1. The fourth-order valence-corrected chi connectivity index (χ4v) is 2.48. The van der Waals surface area contributed by atoms with E-state index in [0.717, 1.165) is 11.6 Å². The molecule has 0 amide bonds. The second-order valence-electron chi connectivity index (χ2n) is 5.03. The van der Waals surface area contributed by atoms with Crippen LogP contribution >= 0.6 is 11.6 Å². The van der Waals surface area contributed by atoms with Crippen molar-refractivity contribution in [3.63, 3.8) is 0 Å². The first-order valence-electron chi connectivity index (χ1n) is 6.62. The average Bonchev–Trinajstić information content (AvgIpc) is 2.38. The summed E-state index contributed by atoms with van der Waals surface area (Å²) in [6.07, 6.45) is 0. The van der Waals surface area contributed by atoms with Gasteiger partial charge >= 0.3 is 0 Å². The zero-order valence-corrected chi connectivity index (χ0v) is 12.5. The Bertz CT molecular complexity index is 543. The van der Waals surface area contributed by atoms with Gasteiger partial charge in [-0.05, 0) is 55.2 Å². The highest BCUT2D eigenvalue weighted by Crippen LogP contribution is 2.19. The standard InChI is InChI=1S/C17H20ClN/c1-12-6-4-7-13(2)17(12)11-19-14(3)15-8-5-9-16(18)10-15/h4-10,14,19H,11H2,1-3H3/t14-/m1/s1. The third-order valence-electron chi connectivity index (χ3n) is 3.58. The molecule has 0 unspecified atom stereocenters. The summed E-state index contributed by atoms with van der Waals surface area (Å²) in [5, 5.41) is 4.36. The van der Waals surface area contributed by atoms with Gasteiger partial charge in [0.05, 0.1) is 0 Å². The first-order chi connectivity index (χ1) is 9.08. The van der Waals surface area contributed by atoms with Crippen LogP contribution in [0.2, 0.25) is 5.02 Å².